The molecule has 0 radical (unpaired) electrons. The number of fused-ring (bicyclic) bond motifs is 1. The van der Waals surface area contributed by atoms with E-state index in [9.17, 15) is 4.79 Å². The van der Waals surface area contributed by atoms with Gasteiger partial charge in [-0.05, 0) is 55.8 Å². The summed E-state index contributed by atoms with van der Waals surface area (Å²) in [6.45, 7) is 6.94. The van der Waals surface area contributed by atoms with Gasteiger partial charge in [-0.25, -0.2) is 0 Å². The number of ether oxygens (including phenoxy) is 1. The zero-order valence-electron chi connectivity index (χ0n) is 16.9. The van der Waals surface area contributed by atoms with Crippen LogP contribution < -0.4 is 15.1 Å². The first-order chi connectivity index (χ1) is 14.1. The number of rotatable bonds is 3. The van der Waals surface area contributed by atoms with E-state index in [0.717, 1.165) is 55.3 Å². The zero-order chi connectivity index (χ0) is 20.4. The predicted molar refractivity (Wildman–Crippen MR) is 114 cm³/mol. The van der Waals surface area contributed by atoms with Crippen LogP contribution in [0.2, 0.25) is 0 Å². The molecule has 1 amide bonds. The standard InChI is InChI=1S/C23H26N4O2/c1-16-13-22(25-19-5-3-18(15-24)4-6-19)21-14-20(26-9-11-29-12-10-26)7-8-23(21)27(16)17(2)28/h3-8,14,16,22,25H,9-13H2,1-2H3/t16-,22+/m1/s1. The highest BCUT2D eigenvalue weighted by molar-refractivity contribution is 5.94. The number of anilines is 3. The number of carbonyl (C=O) groups excluding carboxylic acids is 1. The molecule has 0 spiro atoms. The summed E-state index contributed by atoms with van der Waals surface area (Å²) in [5, 5.41) is 12.6. The van der Waals surface area contributed by atoms with Gasteiger partial charge in [0.25, 0.3) is 0 Å². The van der Waals surface area contributed by atoms with E-state index in [-0.39, 0.29) is 18.0 Å². The number of nitrogens with one attached hydrogen (secondary N) is 1. The number of hydrogen-bond acceptors (Lipinski definition) is 5. The summed E-state index contributed by atoms with van der Waals surface area (Å²) in [5.41, 5.74) is 4.88. The van der Waals surface area contributed by atoms with Crippen LogP contribution in [0.5, 0.6) is 0 Å². The Morgan fingerprint density at radius 3 is 2.55 bits per heavy atom. The van der Waals surface area contributed by atoms with Crippen LogP contribution in [-0.2, 0) is 9.53 Å². The summed E-state index contributed by atoms with van der Waals surface area (Å²) < 4.78 is 5.49. The van der Waals surface area contributed by atoms with E-state index in [1.54, 1.807) is 6.92 Å². The highest BCUT2D eigenvalue weighted by Gasteiger charge is 2.33. The Hall–Kier alpha value is -3.04. The Morgan fingerprint density at radius 2 is 1.90 bits per heavy atom. The number of nitriles is 1. The molecule has 2 heterocycles. The third-order valence-corrected chi connectivity index (χ3v) is 5.73. The summed E-state index contributed by atoms with van der Waals surface area (Å²) >= 11 is 0. The molecule has 2 aliphatic heterocycles. The monoisotopic (exact) mass is 390 g/mol. The summed E-state index contributed by atoms with van der Waals surface area (Å²) in [6, 6.07) is 16.3. The van der Waals surface area contributed by atoms with Crippen molar-refractivity contribution in [1.29, 1.82) is 5.26 Å². The molecule has 2 atom stereocenters. The van der Waals surface area contributed by atoms with Crippen molar-refractivity contribution in [3.63, 3.8) is 0 Å². The van der Waals surface area contributed by atoms with Gasteiger partial charge in [0, 0.05) is 48.7 Å². The lowest BCUT2D eigenvalue weighted by molar-refractivity contribution is -0.117. The SMILES string of the molecule is CC(=O)N1c2ccc(N3CCOCC3)cc2[C@@H](Nc2ccc(C#N)cc2)C[C@H]1C. The second-order valence-corrected chi connectivity index (χ2v) is 7.70. The van der Waals surface area contributed by atoms with Gasteiger partial charge in [0.1, 0.15) is 0 Å². The van der Waals surface area contributed by atoms with Crippen LogP contribution in [0.25, 0.3) is 0 Å². The van der Waals surface area contributed by atoms with Crippen LogP contribution in [0.4, 0.5) is 17.1 Å². The van der Waals surface area contributed by atoms with Crippen LogP contribution in [0.15, 0.2) is 42.5 Å². The zero-order valence-corrected chi connectivity index (χ0v) is 16.9. The summed E-state index contributed by atoms with van der Waals surface area (Å²) in [6.07, 6.45) is 0.819. The first-order valence-electron chi connectivity index (χ1n) is 10.1. The maximum absolute atomic E-state index is 12.3. The molecule has 2 aromatic rings. The molecule has 0 bridgehead atoms. The van der Waals surface area contributed by atoms with E-state index in [1.807, 2.05) is 29.2 Å². The minimum Gasteiger partial charge on any atom is -0.378 e. The smallest absolute Gasteiger partial charge is 0.224 e. The highest BCUT2D eigenvalue weighted by Crippen LogP contribution is 2.41. The van der Waals surface area contributed by atoms with Crippen LogP contribution in [0.1, 0.15) is 37.4 Å². The van der Waals surface area contributed by atoms with Crippen molar-refractivity contribution in [2.75, 3.05) is 41.4 Å². The number of nitrogens with zero attached hydrogens (tertiary/aromatic N) is 3. The number of hydrogen-bond donors (Lipinski definition) is 1. The Kier molecular flexibility index (Phi) is 5.41. The van der Waals surface area contributed by atoms with Gasteiger partial charge in [-0.1, -0.05) is 0 Å². The van der Waals surface area contributed by atoms with Crippen molar-refractivity contribution in [3.05, 3.63) is 53.6 Å². The molecule has 0 saturated carbocycles. The Balaban J connectivity index is 1.69. The topological polar surface area (TPSA) is 68.6 Å². The van der Waals surface area contributed by atoms with E-state index in [0.29, 0.717) is 5.56 Å². The van der Waals surface area contributed by atoms with Gasteiger partial charge >= 0.3 is 0 Å². The molecule has 1 N–H and O–H groups in total. The van der Waals surface area contributed by atoms with Crippen molar-refractivity contribution in [3.8, 4) is 6.07 Å². The van der Waals surface area contributed by atoms with Crippen molar-refractivity contribution in [2.45, 2.75) is 32.4 Å². The number of morpholine rings is 1. The van der Waals surface area contributed by atoms with Gasteiger partial charge in [0.2, 0.25) is 5.91 Å². The van der Waals surface area contributed by atoms with Gasteiger partial charge in [-0.15, -0.1) is 0 Å². The molecule has 2 aromatic carbocycles. The molecule has 0 aromatic heterocycles. The first-order valence-corrected chi connectivity index (χ1v) is 10.1. The van der Waals surface area contributed by atoms with Crippen molar-refractivity contribution >= 4 is 23.0 Å². The lowest BCUT2D eigenvalue weighted by Crippen LogP contribution is -2.43. The van der Waals surface area contributed by atoms with Crippen molar-refractivity contribution in [1.82, 2.24) is 0 Å². The second-order valence-electron chi connectivity index (χ2n) is 7.70. The summed E-state index contributed by atoms with van der Waals surface area (Å²) in [5.74, 6) is 0.0645. The Labute approximate surface area is 171 Å². The molecule has 0 aliphatic carbocycles. The molecule has 6 heteroatoms. The van der Waals surface area contributed by atoms with Crippen molar-refractivity contribution < 1.29 is 9.53 Å². The average Bonchev–Trinajstić information content (AvgIpc) is 2.74. The third-order valence-electron chi connectivity index (χ3n) is 5.73. The predicted octanol–water partition coefficient (Wildman–Crippen LogP) is 3.69. The number of amides is 1. The lowest BCUT2D eigenvalue weighted by atomic mass is 9.90. The van der Waals surface area contributed by atoms with E-state index in [1.165, 1.54) is 0 Å². The molecule has 6 nitrogen and oxygen atoms in total. The number of carbonyl (C=O) groups is 1. The van der Waals surface area contributed by atoms with E-state index >= 15 is 0 Å². The maximum Gasteiger partial charge on any atom is 0.224 e. The molecule has 150 valence electrons. The Morgan fingerprint density at radius 1 is 1.17 bits per heavy atom. The summed E-state index contributed by atoms with van der Waals surface area (Å²) in [4.78, 5) is 16.6. The number of benzene rings is 2. The fraction of sp³-hybridized carbons (Fsp3) is 0.391. The molecule has 0 unspecified atom stereocenters. The third kappa shape index (κ3) is 3.92. The molecule has 1 fully saturated rings. The normalized spacial score (nSPS) is 21.3. The first kappa shape index (κ1) is 19.3. The van der Waals surface area contributed by atoms with Gasteiger partial charge in [0.05, 0.1) is 30.9 Å². The van der Waals surface area contributed by atoms with Crippen LogP contribution in [0.3, 0.4) is 0 Å². The minimum absolute atomic E-state index is 0.0645. The van der Waals surface area contributed by atoms with Crippen LogP contribution in [0, 0.1) is 11.3 Å². The summed E-state index contributed by atoms with van der Waals surface area (Å²) in [7, 11) is 0. The van der Waals surface area contributed by atoms with Gasteiger partial charge in [0.15, 0.2) is 0 Å². The molecule has 4 rings (SSSR count). The van der Waals surface area contributed by atoms with E-state index in [2.05, 4.69) is 41.4 Å². The maximum atomic E-state index is 12.3. The van der Waals surface area contributed by atoms with Gasteiger partial charge in [-0.3, -0.25) is 4.79 Å². The van der Waals surface area contributed by atoms with E-state index < -0.39 is 0 Å². The van der Waals surface area contributed by atoms with Gasteiger partial charge in [-0.2, -0.15) is 5.26 Å². The fourth-order valence-electron chi connectivity index (χ4n) is 4.33. The largest absolute Gasteiger partial charge is 0.378 e. The molecular formula is C23H26N4O2. The Bertz CT molecular complexity index is 929. The highest BCUT2D eigenvalue weighted by atomic mass is 16.5. The van der Waals surface area contributed by atoms with Gasteiger partial charge < -0.3 is 19.9 Å². The fourth-order valence-corrected chi connectivity index (χ4v) is 4.33. The molecular weight excluding hydrogens is 364 g/mol. The minimum atomic E-state index is 0.0645. The second kappa shape index (κ2) is 8.14. The van der Waals surface area contributed by atoms with Crippen LogP contribution in [-0.4, -0.2) is 38.3 Å². The quantitative estimate of drug-likeness (QED) is 0.866. The average molecular weight is 390 g/mol. The van der Waals surface area contributed by atoms with Crippen molar-refractivity contribution in [2.24, 2.45) is 0 Å². The molecule has 1 saturated heterocycles. The lowest BCUT2D eigenvalue weighted by Gasteiger charge is -2.40. The molecule has 29 heavy (non-hydrogen) atoms. The molecule has 2 aliphatic rings. The van der Waals surface area contributed by atoms with E-state index in [4.69, 9.17) is 10.00 Å². The van der Waals surface area contributed by atoms with Crippen LogP contribution >= 0.6 is 0 Å².